The summed E-state index contributed by atoms with van der Waals surface area (Å²) in [5, 5.41) is 8.88. The summed E-state index contributed by atoms with van der Waals surface area (Å²) in [6, 6.07) is 26.0. The SMILES string of the molecule is O=C1NC(=O)C(c2ccc(Oc3ccc(Br)cc3)cc2)(N2CCN(C(=O)CCl)CC2)C(=O)N1.O=C1NC(=O)C(c2ccc(Oc3ccc(Br)cc3)cc2)(N2CCN(C(=O)CSCCC[18F])CC2)C(=O)N1.[18F]CCCS. The average molecular weight is 1220 g/mol. The number of urea groups is 2. The molecule has 4 aromatic rings. The number of carbonyl (C=O) groups is 8. The van der Waals surface area contributed by atoms with Crippen LogP contribution >= 0.6 is 67.9 Å². The van der Waals surface area contributed by atoms with E-state index in [2.05, 4.69) is 65.8 Å². The summed E-state index contributed by atoms with van der Waals surface area (Å²) in [7, 11) is 0. The first-order valence-electron chi connectivity index (χ1n) is 23.4. The number of hydrogen-bond acceptors (Lipinski definition) is 14. The number of thiol groups is 1. The lowest BCUT2D eigenvalue weighted by atomic mass is 9.84. The lowest BCUT2D eigenvalue weighted by Crippen LogP contribution is -2.73. The van der Waals surface area contributed by atoms with E-state index >= 15 is 0 Å². The minimum atomic E-state index is -1.78. The zero-order valence-corrected chi connectivity index (χ0v) is 45.8. The van der Waals surface area contributed by atoms with Crippen LogP contribution in [0.5, 0.6) is 23.0 Å². The molecule has 4 N–H and O–H groups in total. The number of halogens is 5. The zero-order chi connectivity index (χ0) is 54.1. The Hall–Kier alpha value is -5.63. The van der Waals surface area contributed by atoms with Gasteiger partial charge in [0.05, 0.1) is 19.1 Å². The summed E-state index contributed by atoms with van der Waals surface area (Å²) < 4.78 is 36.7. The summed E-state index contributed by atoms with van der Waals surface area (Å²) in [4.78, 5) is 108. The highest BCUT2D eigenvalue weighted by Crippen LogP contribution is 2.36. The Morgan fingerprint density at radius 2 is 0.880 bits per heavy atom. The second-order valence-corrected chi connectivity index (χ2v) is 20.4. The first kappa shape index (κ1) is 58.6. The van der Waals surface area contributed by atoms with E-state index in [0.717, 1.165) is 8.95 Å². The first-order chi connectivity index (χ1) is 36.1. The van der Waals surface area contributed by atoms with Crippen LogP contribution < -0.4 is 30.7 Å². The Kier molecular flexibility index (Phi) is 21.8. The molecule has 0 unspecified atom stereocenters. The van der Waals surface area contributed by atoms with Gasteiger partial charge in [-0.3, -0.25) is 68.6 Å². The number of carbonyl (C=O) groups excluding carboxylic acids is 8. The lowest BCUT2D eigenvalue weighted by Gasteiger charge is -2.46. The van der Waals surface area contributed by atoms with Crippen molar-refractivity contribution in [1.82, 2.24) is 40.9 Å². The fourth-order valence-electron chi connectivity index (χ4n) is 8.45. The van der Waals surface area contributed by atoms with Gasteiger partial charge in [0.1, 0.15) is 28.9 Å². The van der Waals surface area contributed by atoms with Crippen molar-refractivity contribution in [2.75, 3.05) is 88.8 Å². The summed E-state index contributed by atoms with van der Waals surface area (Å²) in [5.41, 5.74) is -2.79. The molecule has 0 radical (unpaired) electrons. The van der Waals surface area contributed by atoms with Crippen molar-refractivity contribution in [3.8, 4) is 23.0 Å². The van der Waals surface area contributed by atoms with Crippen molar-refractivity contribution in [3.63, 3.8) is 0 Å². The molecule has 4 aromatic carbocycles. The smallest absolute Gasteiger partial charge is 0.328 e. The number of hydrogen-bond donors (Lipinski definition) is 5. The van der Waals surface area contributed by atoms with Gasteiger partial charge in [0.2, 0.25) is 22.9 Å². The van der Waals surface area contributed by atoms with Gasteiger partial charge >= 0.3 is 12.1 Å². The van der Waals surface area contributed by atoms with Crippen LogP contribution in [0.3, 0.4) is 0 Å². The van der Waals surface area contributed by atoms with E-state index in [-0.39, 0.29) is 56.3 Å². The van der Waals surface area contributed by atoms with E-state index in [1.165, 1.54) is 11.8 Å². The van der Waals surface area contributed by atoms with E-state index in [1.54, 1.807) is 92.4 Å². The van der Waals surface area contributed by atoms with Crippen LogP contribution in [0.25, 0.3) is 0 Å². The molecule has 4 aliphatic rings. The van der Waals surface area contributed by atoms with Gasteiger partial charge in [0.15, 0.2) is 0 Å². The summed E-state index contributed by atoms with van der Waals surface area (Å²) in [6.07, 6.45) is 0.993. The van der Waals surface area contributed by atoms with Crippen molar-refractivity contribution >= 4 is 115 Å². The second kappa shape index (κ2) is 27.9. The molecule has 0 aromatic heterocycles. The molecule has 75 heavy (non-hydrogen) atoms. The van der Waals surface area contributed by atoms with E-state index in [9.17, 15) is 47.1 Å². The molecule has 18 nitrogen and oxygen atoms in total. The molecule has 4 aliphatic heterocycles. The van der Waals surface area contributed by atoms with E-state index in [1.807, 2.05) is 24.3 Å². The Labute approximate surface area is 462 Å². The molecule has 10 amide bonds. The molecule has 0 spiro atoms. The Morgan fingerprint density at radius 3 is 1.19 bits per heavy atom. The molecule has 8 rings (SSSR count). The number of barbiturate groups is 2. The van der Waals surface area contributed by atoms with Gasteiger partial charge in [-0.25, -0.2) is 9.59 Å². The third-order valence-corrected chi connectivity index (χ3v) is 14.8. The number of amides is 10. The van der Waals surface area contributed by atoms with Crippen molar-refractivity contribution < 1.29 is 56.6 Å². The van der Waals surface area contributed by atoms with Crippen molar-refractivity contribution in [2.24, 2.45) is 0 Å². The zero-order valence-electron chi connectivity index (χ0n) is 40.2. The second-order valence-electron chi connectivity index (χ2n) is 16.8. The predicted octanol–water partition coefficient (Wildman–Crippen LogP) is 6.50. The first-order valence-corrected chi connectivity index (χ1v) is 27.3. The number of thioether (sulfide) groups is 1. The maximum atomic E-state index is 13.3. The van der Waals surface area contributed by atoms with Gasteiger partial charge in [-0.15, -0.1) is 11.6 Å². The molecule has 0 bridgehead atoms. The third kappa shape index (κ3) is 14.4. The molecular weight excluding hydrogens is 1170 g/mol. The number of ether oxygens (including phenoxy) is 2. The van der Waals surface area contributed by atoms with Gasteiger partial charge in [0.25, 0.3) is 23.6 Å². The van der Waals surface area contributed by atoms with Crippen LogP contribution in [0.1, 0.15) is 24.0 Å². The molecule has 0 aliphatic carbocycles. The number of nitrogens with one attached hydrogen (secondary N) is 4. The number of rotatable bonds is 16. The van der Waals surface area contributed by atoms with Gasteiger partial charge in [0, 0.05) is 61.3 Å². The minimum absolute atomic E-state index is 0.0697. The fraction of sp³-hybridized carbons (Fsp3) is 0.360. The van der Waals surface area contributed by atoms with Crippen molar-refractivity contribution in [2.45, 2.75) is 23.9 Å². The monoisotopic (exact) mass is 1220 g/mol. The number of piperazine rings is 2. The molecule has 25 heteroatoms. The predicted molar refractivity (Wildman–Crippen MR) is 287 cm³/mol. The Balaban J connectivity index is 0.000000225. The third-order valence-electron chi connectivity index (χ3n) is 12.1. The van der Waals surface area contributed by atoms with Crippen LogP contribution in [0.2, 0.25) is 0 Å². The van der Waals surface area contributed by atoms with E-state index in [0.29, 0.717) is 84.7 Å². The maximum Gasteiger partial charge on any atom is 0.328 e. The van der Waals surface area contributed by atoms with Gasteiger partial charge in [-0.1, -0.05) is 56.1 Å². The maximum absolute atomic E-state index is 13.3. The standard InChI is InChI=1S/C25H26BrFN4O5S.C22H20BrClN4O5.C3H7FS/c26-18-4-8-20(9-5-18)36-19-6-2-17(3-7-19)25(22(33)28-24(35)29-23(25)34)31-13-11-30(12-14-31)21(32)16-37-15-1-10-27;23-15-3-7-17(8-4-15)33-16-5-1-14(2-6-16)22(19(30)25-21(32)26-20(22)31)28-11-9-27(10-12-28)18(29)13-24;4-2-1-3-5/h2-9H,1,10-16H2,(H2,28,29,33,34,35);1-8H,9-13H2,(H2,25,26,30,31,32);5H,1-3H2/i27-1;;4-1. The van der Waals surface area contributed by atoms with Crippen LogP contribution in [0.15, 0.2) is 106 Å². The number of nitrogens with zero attached hydrogens (tertiary/aromatic N) is 4. The number of alkyl halides is 3. The highest BCUT2D eigenvalue weighted by atomic mass is 79.9. The van der Waals surface area contributed by atoms with E-state index < -0.39 is 53.4 Å². The highest BCUT2D eigenvalue weighted by Gasteiger charge is 2.58. The molecule has 0 saturated carbocycles. The van der Waals surface area contributed by atoms with Crippen LogP contribution in [0.4, 0.5) is 18.4 Å². The lowest BCUT2D eigenvalue weighted by molar-refractivity contribution is -0.153. The molecule has 4 heterocycles. The Bertz CT molecular complexity index is 2630. The van der Waals surface area contributed by atoms with Crippen LogP contribution in [-0.4, -0.2) is 156 Å². The minimum Gasteiger partial charge on any atom is -0.457 e. The van der Waals surface area contributed by atoms with Gasteiger partial charge in [-0.05, 0) is 108 Å². The summed E-state index contributed by atoms with van der Waals surface area (Å²) in [5.74, 6) is 0.355. The molecule has 4 fully saturated rings. The molecule has 400 valence electrons. The molecular formula is C50H53Br2ClF2N8O10S2. The molecule has 0 atom stereocenters. The highest BCUT2D eigenvalue weighted by molar-refractivity contribution is 9.10. The quantitative estimate of drug-likeness (QED) is 0.0351. The van der Waals surface area contributed by atoms with Crippen LogP contribution in [0, 0.1) is 0 Å². The molecule has 4 saturated heterocycles. The van der Waals surface area contributed by atoms with E-state index in [4.69, 9.17) is 21.1 Å². The Morgan fingerprint density at radius 1 is 0.547 bits per heavy atom. The normalized spacial score (nSPS) is 17.5. The number of imide groups is 4. The van der Waals surface area contributed by atoms with Gasteiger partial charge < -0.3 is 19.3 Å². The van der Waals surface area contributed by atoms with Crippen molar-refractivity contribution in [3.05, 3.63) is 117 Å². The summed E-state index contributed by atoms with van der Waals surface area (Å²) >= 11 is 17.5. The van der Waals surface area contributed by atoms with Crippen molar-refractivity contribution in [1.29, 1.82) is 0 Å². The number of benzene rings is 4. The topological polar surface area (TPSA) is 216 Å². The van der Waals surface area contributed by atoms with Crippen LogP contribution in [-0.2, 0) is 39.8 Å². The van der Waals surface area contributed by atoms with Gasteiger partial charge in [-0.2, -0.15) is 24.4 Å². The fourth-order valence-corrected chi connectivity index (χ4v) is 10.1. The average Bonchev–Trinajstić information content (AvgIpc) is 3.40. The summed E-state index contributed by atoms with van der Waals surface area (Å²) in [6.45, 7) is 1.55. The largest absolute Gasteiger partial charge is 0.457 e.